The van der Waals surface area contributed by atoms with E-state index >= 15 is 0 Å². The molecule has 16 heavy (non-hydrogen) atoms. The van der Waals surface area contributed by atoms with Crippen LogP contribution in [-0.2, 0) is 4.79 Å². The first kappa shape index (κ1) is 15.2. The van der Waals surface area contributed by atoms with E-state index in [1.165, 1.54) is 0 Å². The monoisotopic (exact) mass is 226 g/mol. The van der Waals surface area contributed by atoms with Gasteiger partial charge in [-0.1, -0.05) is 33.8 Å². The molecule has 0 radical (unpaired) electrons. The van der Waals surface area contributed by atoms with Gasteiger partial charge in [-0.05, 0) is 24.2 Å². The molecule has 0 rings (SSSR count). The van der Waals surface area contributed by atoms with Crippen LogP contribution in [0.3, 0.4) is 0 Å². The second-order valence-corrected chi connectivity index (χ2v) is 5.33. The molecule has 0 fully saturated rings. The zero-order valence-corrected chi connectivity index (χ0v) is 11.0. The van der Waals surface area contributed by atoms with Crippen LogP contribution in [0.5, 0.6) is 0 Å². The summed E-state index contributed by atoms with van der Waals surface area (Å²) in [5, 5.41) is 2.88. The molecule has 0 aromatic heterocycles. The fourth-order valence-electron chi connectivity index (χ4n) is 1.37. The molecule has 0 spiro atoms. The molecule has 0 unspecified atom stereocenters. The average molecular weight is 226 g/mol. The van der Waals surface area contributed by atoms with Crippen LogP contribution in [0.4, 0.5) is 0 Å². The maximum atomic E-state index is 11.7. The number of nitrogens with two attached hydrogens (primary N) is 1. The molecule has 1 amide bonds. The number of nitrogens with one attached hydrogen (secondary N) is 1. The topological polar surface area (TPSA) is 55.1 Å². The molecule has 3 nitrogen and oxygen atoms in total. The van der Waals surface area contributed by atoms with Crippen LogP contribution in [-0.4, -0.2) is 18.5 Å². The van der Waals surface area contributed by atoms with Gasteiger partial charge in [-0.15, -0.1) is 6.58 Å². The minimum absolute atomic E-state index is 0.0635. The summed E-state index contributed by atoms with van der Waals surface area (Å²) in [7, 11) is 0. The third-order valence-corrected chi connectivity index (χ3v) is 2.89. The third-order valence-electron chi connectivity index (χ3n) is 2.89. The van der Waals surface area contributed by atoms with Crippen molar-refractivity contribution in [3.63, 3.8) is 0 Å². The van der Waals surface area contributed by atoms with E-state index in [0.29, 0.717) is 12.5 Å². The van der Waals surface area contributed by atoms with E-state index in [1.807, 2.05) is 26.8 Å². The van der Waals surface area contributed by atoms with Gasteiger partial charge in [-0.3, -0.25) is 4.79 Å². The second kappa shape index (κ2) is 6.69. The Morgan fingerprint density at radius 3 is 2.44 bits per heavy atom. The summed E-state index contributed by atoms with van der Waals surface area (Å²) in [5.41, 5.74) is 5.66. The molecule has 0 aliphatic carbocycles. The molecule has 0 heterocycles. The van der Waals surface area contributed by atoms with Crippen molar-refractivity contribution in [3.8, 4) is 0 Å². The Morgan fingerprint density at radius 1 is 1.50 bits per heavy atom. The largest absolute Gasteiger partial charge is 0.355 e. The van der Waals surface area contributed by atoms with Crippen molar-refractivity contribution in [1.82, 2.24) is 5.32 Å². The summed E-state index contributed by atoms with van der Waals surface area (Å²) in [5.74, 6) is 0.414. The van der Waals surface area contributed by atoms with Crippen LogP contribution in [0.15, 0.2) is 12.7 Å². The Labute approximate surface area is 99.5 Å². The van der Waals surface area contributed by atoms with E-state index in [0.717, 1.165) is 12.8 Å². The lowest BCUT2D eigenvalue weighted by molar-refractivity contribution is -0.124. The van der Waals surface area contributed by atoms with Gasteiger partial charge >= 0.3 is 0 Å². The zero-order valence-electron chi connectivity index (χ0n) is 11.0. The first-order valence-corrected chi connectivity index (χ1v) is 5.98. The van der Waals surface area contributed by atoms with Crippen molar-refractivity contribution in [2.75, 3.05) is 6.54 Å². The Balaban J connectivity index is 3.95. The number of hydrogen-bond donors (Lipinski definition) is 2. The Kier molecular flexibility index (Phi) is 6.34. The van der Waals surface area contributed by atoms with Crippen LogP contribution in [0.2, 0.25) is 0 Å². The van der Waals surface area contributed by atoms with E-state index < -0.39 is 6.04 Å². The van der Waals surface area contributed by atoms with Crippen LogP contribution in [0.1, 0.15) is 40.5 Å². The highest BCUT2D eigenvalue weighted by molar-refractivity contribution is 5.82. The molecule has 0 aromatic carbocycles. The van der Waals surface area contributed by atoms with Crippen molar-refractivity contribution in [2.24, 2.45) is 17.1 Å². The van der Waals surface area contributed by atoms with Gasteiger partial charge in [-0.25, -0.2) is 0 Å². The fourth-order valence-corrected chi connectivity index (χ4v) is 1.37. The lowest BCUT2D eigenvalue weighted by atomic mass is 9.87. The number of rotatable bonds is 6. The fraction of sp³-hybridized carbons (Fsp3) is 0.769. The van der Waals surface area contributed by atoms with Gasteiger partial charge in [0.2, 0.25) is 5.91 Å². The molecule has 0 saturated carbocycles. The van der Waals surface area contributed by atoms with Crippen molar-refractivity contribution < 1.29 is 4.79 Å². The molecule has 3 heteroatoms. The number of carbonyl (C=O) groups excluding carboxylic acids is 1. The predicted octanol–water partition coefficient (Wildman–Crippen LogP) is 2.08. The maximum Gasteiger partial charge on any atom is 0.237 e. The number of carbonyl (C=O) groups is 1. The van der Waals surface area contributed by atoms with Gasteiger partial charge in [0.1, 0.15) is 0 Å². The minimum Gasteiger partial charge on any atom is -0.355 e. The molecule has 94 valence electrons. The van der Waals surface area contributed by atoms with Crippen LogP contribution >= 0.6 is 0 Å². The minimum atomic E-state index is -0.448. The summed E-state index contributed by atoms with van der Waals surface area (Å²) in [6.45, 7) is 12.5. The number of amides is 1. The van der Waals surface area contributed by atoms with E-state index in [4.69, 9.17) is 5.73 Å². The van der Waals surface area contributed by atoms with Crippen molar-refractivity contribution in [1.29, 1.82) is 0 Å². The Hall–Kier alpha value is -0.830. The van der Waals surface area contributed by atoms with Crippen molar-refractivity contribution in [3.05, 3.63) is 12.7 Å². The Bertz CT molecular complexity index is 231. The average Bonchev–Trinajstić information content (AvgIpc) is 2.21. The van der Waals surface area contributed by atoms with E-state index in [9.17, 15) is 4.79 Å². The van der Waals surface area contributed by atoms with Gasteiger partial charge in [-0.2, -0.15) is 0 Å². The normalized spacial score (nSPS) is 15.3. The van der Waals surface area contributed by atoms with Crippen molar-refractivity contribution in [2.45, 2.75) is 46.6 Å². The number of hydrogen-bond acceptors (Lipinski definition) is 2. The zero-order chi connectivity index (χ0) is 12.8. The predicted molar refractivity (Wildman–Crippen MR) is 69.0 cm³/mol. The van der Waals surface area contributed by atoms with E-state index in [1.54, 1.807) is 0 Å². The molecule has 0 bridgehead atoms. The summed E-state index contributed by atoms with van der Waals surface area (Å²) in [6, 6.07) is -0.448. The molecule has 0 aliphatic rings. The SMILES string of the molecule is C=C[C@H](CC)CCNC(=O)[C@@H](N)C(C)(C)C. The molecule has 2 atom stereocenters. The molecule has 3 N–H and O–H groups in total. The highest BCUT2D eigenvalue weighted by atomic mass is 16.2. The third kappa shape index (κ3) is 5.31. The first-order valence-electron chi connectivity index (χ1n) is 5.98. The lowest BCUT2D eigenvalue weighted by Crippen LogP contribution is -2.48. The number of allylic oxidation sites excluding steroid dienone is 1. The van der Waals surface area contributed by atoms with E-state index in [2.05, 4.69) is 18.8 Å². The molecule has 0 aliphatic heterocycles. The highest BCUT2D eigenvalue weighted by Gasteiger charge is 2.26. The van der Waals surface area contributed by atoms with Crippen LogP contribution in [0, 0.1) is 11.3 Å². The van der Waals surface area contributed by atoms with E-state index in [-0.39, 0.29) is 11.3 Å². The first-order chi connectivity index (χ1) is 7.32. The second-order valence-electron chi connectivity index (χ2n) is 5.33. The molecule has 0 aromatic rings. The van der Waals surface area contributed by atoms with Crippen molar-refractivity contribution >= 4 is 5.91 Å². The summed E-state index contributed by atoms with van der Waals surface area (Å²) >= 11 is 0. The maximum absolute atomic E-state index is 11.7. The quantitative estimate of drug-likeness (QED) is 0.681. The highest BCUT2D eigenvalue weighted by Crippen LogP contribution is 2.17. The standard InChI is InChI=1S/C13H26N2O/c1-6-10(7-2)8-9-15-12(16)11(14)13(3,4)5/h6,10-11H,1,7-9,14H2,2-5H3,(H,15,16)/t10-,11-/m1/s1. The summed E-state index contributed by atoms with van der Waals surface area (Å²) < 4.78 is 0. The summed E-state index contributed by atoms with van der Waals surface area (Å²) in [6.07, 6.45) is 3.93. The smallest absolute Gasteiger partial charge is 0.237 e. The van der Waals surface area contributed by atoms with Gasteiger partial charge in [0.15, 0.2) is 0 Å². The summed E-state index contributed by atoms with van der Waals surface area (Å²) in [4.78, 5) is 11.7. The molecular weight excluding hydrogens is 200 g/mol. The lowest BCUT2D eigenvalue weighted by Gasteiger charge is -2.26. The molecule has 0 saturated heterocycles. The Morgan fingerprint density at radius 2 is 2.06 bits per heavy atom. The van der Waals surface area contributed by atoms with Crippen LogP contribution < -0.4 is 11.1 Å². The van der Waals surface area contributed by atoms with Gasteiger partial charge in [0.05, 0.1) is 6.04 Å². The van der Waals surface area contributed by atoms with Gasteiger partial charge in [0, 0.05) is 6.54 Å². The molecular formula is C13H26N2O. The van der Waals surface area contributed by atoms with Gasteiger partial charge < -0.3 is 11.1 Å². The van der Waals surface area contributed by atoms with Gasteiger partial charge in [0.25, 0.3) is 0 Å². The van der Waals surface area contributed by atoms with Crippen LogP contribution in [0.25, 0.3) is 0 Å².